The number of fused-ring (bicyclic) bond motifs is 1. The Hall–Kier alpha value is -1.52. The van der Waals surface area contributed by atoms with Gasteiger partial charge in [0.1, 0.15) is 18.5 Å². The molecule has 2 aromatic rings. The van der Waals surface area contributed by atoms with Crippen LogP contribution in [0.3, 0.4) is 0 Å². The summed E-state index contributed by atoms with van der Waals surface area (Å²) in [5.41, 5.74) is 1.05. The van der Waals surface area contributed by atoms with Gasteiger partial charge in [-0.1, -0.05) is 32.3 Å². The summed E-state index contributed by atoms with van der Waals surface area (Å²) >= 11 is 0. The van der Waals surface area contributed by atoms with Crippen molar-refractivity contribution < 1.29 is 9.84 Å². The van der Waals surface area contributed by atoms with E-state index in [1.807, 2.05) is 30.5 Å². The maximum atomic E-state index is 9.93. The Morgan fingerprint density at radius 3 is 3.00 bits per heavy atom. The maximum absolute atomic E-state index is 9.93. The minimum Gasteiger partial charge on any atom is -0.490 e. The first-order chi connectivity index (χ1) is 10.3. The van der Waals surface area contributed by atoms with Gasteiger partial charge in [0.2, 0.25) is 0 Å². The van der Waals surface area contributed by atoms with Crippen LogP contribution in [0.1, 0.15) is 25.7 Å². The lowest BCUT2D eigenvalue weighted by atomic mass is 10.2. The zero-order valence-corrected chi connectivity index (χ0v) is 12.5. The molecule has 0 aliphatic heterocycles. The molecule has 0 bridgehead atoms. The van der Waals surface area contributed by atoms with Crippen LogP contribution in [0.15, 0.2) is 30.5 Å². The molecule has 0 spiro atoms. The lowest BCUT2D eigenvalue weighted by molar-refractivity contribution is 0.107. The standard InChI is InChI=1S/C17H25N2O2/c1-2-3-4-5-10-18-12-14(20)13-21-17-8-6-7-16-15(17)9-11-19-16/h6-9,11,14,18-20H,1-5,10,12-13H2. The van der Waals surface area contributed by atoms with Crippen LogP contribution >= 0.6 is 0 Å². The quantitative estimate of drug-likeness (QED) is 0.589. The molecule has 0 saturated heterocycles. The number of ether oxygens (including phenoxy) is 1. The summed E-state index contributed by atoms with van der Waals surface area (Å²) in [6.07, 6.45) is 5.90. The van der Waals surface area contributed by atoms with E-state index in [-0.39, 0.29) is 0 Å². The molecule has 0 fully saturated rings. The van der Waals surface area contributed by atoms with Gasteiger partial charge in [0.05, 0.1) is 0 Å². The molecule has 3 N–H and O–H groups in total. The van der Waals surface area contributed by atoms with Gasteiger partial charge < -0.3 is 20.1 Å². The Kier molecular flexibility index (Phi) is 6.57. The van der Waals surface area contributed by atoms with Gasteiger partial charge in [-0.15, -0.1) is 0 Å². The van der Waals surface area contributed by atoms with Crippen molar-refractivity contribution in [1.82, 2.24) is 10.3 Å². The third-order valence-electron chi connectivity index (χ3n) is 3.47. The minimum absolute atomic E-state index is 0.302. The van der Waals surface area contributed by atoms with Gasteiger partial charge in [-0.2, -0.15) is 0 Å². The van der Waals surface area contributed by atoms with Gasteiger partial charge >= 0.3 is 0 Å². The number of aromatic amines is 1. The molecule has 4 nitrogen and oxygen atoms in total. The number of unbranched alkanes of at least 4 members (excludes halogenated alkanes) is 3. The minimum atomic E-state index is -0.493. The van der Waals surface area contributed by atoms with Gasteiger partial charge in [-0.3, -0.25) is 0 Å². The molecule has 0 aliphatic carbocycles. The molecule has 0 amide bonds. The summed E-state index contributed by atoms with van der Waals surface area (Å²) in [7, 11) is 0. The van der Waals surface area contributed by atoms with Crippen molar-refractivity contribution in [3.8, 4) is 5.75 Å². The molecule has 0 aliphatic rings. The Labute approximate surface area is 126 Å². The predicted octanol–water partition coefficient (Wildman–Crippen LogP) is 2.89. The molecule has 2 rings (SSSR count). The molecule has 4 heteroatoms. The average Bonchev–Trinajstić information content (AvgIpc) is 2.97. The van der Waals surface area contributed by atoms with E-state index in [0.717, 1.165) is 36.0 Å². The van der Waals surface area contributed by atoms with Crippen molar-refractivity contribution in [2.24, 2.45) is 0 Å². The van der Waals surface area contributed by atoms with E-state index in [9.17, 15) is 5.11 Å². The number of aromatic nitrogens is 1. The highest BCUT2D eigenvalue weighted by Gasteiger charge is 2.07. The van der Waals surface area contributed by atoms with Gasteiger partial charge in [0.15, 0.2) is 0 Å². The van der Waals surface area contributed by atoms with E-state index in [1.54, 1.807) is 0 Å². The van der Waals surface area contributed by atoms with E-state index in [0.29, 0.717) is 13.2 Å². The fraction of sp³-hybridized carbons (Fsp3) is 0.471. The van der Waals surface area contributed by atoms with Crippen LogP contribution in [0.25, 0.3) is 10.9 Å². The maximum Gasteiger partial charge on any atom is 0.128 e. The number of nitrogens with one attached hydrogen (secondary N) is 2. The third kappa shape index (κ3) is 5.06. The van der Waals surface area contributed by atoms with Crippen LogP contribution in [0.2, 0.25) is 0 Å². The first kappa shape index (κ1) is 15.9. The fourth-order valence-electron chi connectivity index (χ4n) is 2.30. The van der Waals surface area contributed by atoms with Crippen molar-refractivity contribution >= 4 is 10.9 Å². The fourth-order valence-corrected chi connectivity index (χ4v) is 2.30. The van der Waals surface area contributed by atoms with Crippen LogP contribution in [-0.2, 0) is 0 Å². The van der Waals surface area contributed by atoms with E-state index in [1.165, 1.54) is 12.8 Å². The molecular formula is C17H25N2O2. The lowest BCUT2D eigenvalue weighted by Crippen LogP contribution is -2.32. The van der Waals surface area contributed by atoms with Gasteiger partial charge in [-0.05, 0) is 31.2 Å². The molecule has 115 valence electrons. The first-order valence-electron chi connectivity index (χ1n) is 7.68. The number of benzene rings is 1. The number of aliphatic hydroxyl groups excluding tert-OH is 1. The lowest BCUT2D eigenvalue weighted by Gasteiger charge is -2.14. The second-order valence-electron chi connectivity index (χ2n) is 5.28. The summed E-state index contributed by atoms with van der Waals surface area (Å²) in [6, 6.07) is 7.86. The highest BCUT2D eigenvalue weighted by molar-refractivity contribution is 5.85. The van der Waals surface area contributed by atoms with Crippen LogP contribution in [0, 0.1) is 6.92 Å². The normalized spacial score (nSPS) is 12.7. The number of hydrogen-bond acceptors (Lipinski definition) is 3. The van der Waals surface area contributed by atoms with E-state index in [2.05, 4.69) is 17.2 Å². The highest BCUT2D eigenvalue weighted by Crippen LogP contribution is 2.24. The predicted molar refractivity (Wildman–Crippen MR) is 86.5 cm³/mol. The SMILES string of the molecule is [CH2]CCCCCNCC(O)COc1cccc2[nH]ccc12. The number of rotatable bonds is 10. The summed E-state index contributed by atoms with van der Waals surface area (Å²) in [6.45, 7) is 5.62. The van der Waals surface area contributed by atoms with Crippen LogP contribution in [0.4, 0.5) is 0 Å². The molecule has 1 atom stereocenters. The van der Waals surface area contributed by atoms with E-state index in [4.69, 9.17) is 4.74 Å². The Morgan fingerprint density at radius 2 is 2.14 bits per heavy atom. The average molecular weight is 289 g/mol. The van der Waals surface area contributed by atoms with E-state index >= 15 is 0 Å². The highest BCUT2D eigenvalue weighted by atomic mass is 16.5. The largest absolute Gasteiger partial charge is 0.490 e. The van der Waals surface area contributed by atoms with Crippen LogP contribution in [0.5, 0.6) is 5.75 Å². The second kappa shape index (κ2) is 8.70. The second-order valence-corrected chi connectivity index (χ2v) is 5.28. The van der Waals surface area contributed by atoms with E-state index < -0.39 is 6.10 Å². The summed E-state index contributed by atoms with van der Waals surface area (Å²) in [5, 5.41) is 14.2. The van der Waals surface area contributed by atoms with Crippen molar-refractivity contribution in [2.75, 3.05) is 19.7 Å². The number of H-pyrrole nitrogens is 1. The van der Waals surface area contributed by atoms with Crippen molar-refractivity contribution in [2.45, 2.75) is 31.8 Å². The van der Waals surface area contributed by atoms with Crippen molar-refractivity contribution in [3.05, 3.63) is 37.4 Å². The third-order valence-corrected chi connectivity index (χ3v) is 3.47. The van der Waals surface area contributed by atoms with Crippen molar-refractivity contribution in [3.63, 3.8) is 0 Å². The molecule has 21 heavy (non-hydrogen) atoms. The molecule has 1 heterocycles. The Bertz CT molecular complexity index is 524. The summed E-state index contributed by atoms with van der Waals surface area (Å²) in [4.78, 5) is 3.15. The van der Waals surface area contributed by atoms with Crippen LogP contribution < -0.4 is 10.1 Å². The van der Waals surface area contributed by atoms with Crippen LogP contribution in [-0.4, -0.2) is 35.9 Å². The van der Waals surface area contributed by atoms with Crippen molar-refractivity contribution in [1.29, 1.82) is 0 Å². The Morgan fingerprint density at radius 1 is 1.24 bits per heavy atom. The monoisotopic (exact) mass is 289 g/mol. The number of hydrogen-bond donors (Lipinski definition) is 3. The molecule has 1 aromatic carbocycles. The Balaban J connectivity index is 1.67. The topological polar surface area (TPSA) is 57.3 Å². The van der Waals surface area contributed by atoms with Gasteiger partial charge in [-0.25, -0.2) is 0 Å². The smallest absolute Gasteiger partial charge is 0.128 e. The summed E-state index contributed by atoms with van der Waals surface area (Å²) in [5.74, 6) is 0.809. The molecule has 1 radical (unpaired) electrons. The molecule has 1 unspecified atom stereocenters. The van der Waals surface area contributed by atoms with Gasteiger partial charge in [0, 0.05) is 23.6 Å². The molecule has 0 saturated carbocycles. The zero-order chi connectivity index (χ0) is 14.9. The molecule has 1 aromatic heterocycles. The first-order valence-corrected chi connectivity index (χ1v) is 7.68. The zero-order valence-electron chi connectivity index (χ0n) is 12.5. The molecular weight excluding hydrogens is 264 g/mol. The number of aliphatic hydroxyl groups is 1. The van der Waals surface area contributed by atoms with Gasteiger partial charge in [0.25, 0.3) is 0 Å². The summed E-state index contributed by atoms with van der Waals surface area (Å²) < 4.78 is 5.72.